The van der Waals surface area contributed by atoms with Crippen molar-refractivity contribution < 1.29 is 9.90 Å². The number of nitrogens with zero attached hydrogens (tertiary/aromatic N) is 1. The number of carbonyl (C=O) groups is 1. The molecule has 1 amide bonds. The zero-order chi connectivity index (χ0) is 13.1. The van der Waals surface area contributed by atoms with E-state index < -0.39 is 0 Å². The average molecular weight is 248 g/mol. The Balaban J connectivity index is 2.19. The van der Waals surface area contributed by atoms with Crippen molar-refractivity contribution in [2.75, 3.05) is 13.1 Å². The number of hydrogen-bond acceptors (Lipinski definition) is 3. The van der Waals surface area contributed by atoms with E-state index in [2.05, 4.69) is 0 Å². The largest absolute Gasteiger partial charge is 0.507 e. The number of likely N-dealkylation sites (tertiary alicyclic amines) is 1. The summed E-state index contributed by atoms with van der Waals surface area (Å²) >= 11 is 0. The van der Waals surface area contributed by atoms with E-state index in [0.29, 0.717) is 24.6 Å². The lowest BCUT2D eigenvalue weighted by Crippen LogP contribution is -2.47. The van der Waals surface area contributed by atoms with Crippen LogP contribution in [0.5, 0.6) is 5.75 Å². The van der Waals surface area contributed by atoms with E-state index in [4.69, 9.17) is 5.73 Å². The Morgan fingerprint density at radius 1 is 1.44 bits per heavy atom. The highest BCUT2D eigenvalue weighted by Gasteiger charge is 2.29. The number of phenols is 1. The van der Waals surface area contributed by atoms with Crippen LogP contribution in [-0.2, 0) is 0 Å². The van der Waals surface area contributed by atoms with Crippen LogP contribution in [0.3, 0.4) is 0 Å². The summed E-state index contributed by atoms with van der Waals surface area (Å²) < 4.78 is 0. The predicted octanol–water partition coefficient (Wildman–Crippen LogP) is 1.59. The number of nitrogens with two attached hydrogens (primary N) is 1. The zero-order valence-corrected chi connectivity index (χ0v) is 10.7. The molecular weight excluding hydrogens is 228 g/mol. The molecule has 0 spiro atoms. The summed E-state index contributed by atoms with van der Waals surface area (Å²) in [5.41, 5.74) is 6.07. The average Bonchev–Trinajstić information content (AvgIpc) is 2.39. The number of phenolic OH excluding ortho intramolecular Hbond substituents is 1. The van der Waals surface area contributed by atoms with Gasteiger partial charge in [0.2, 0.25) is 0 Å². The quantitative estimate of drug-likeness (QED) is 0.835. The minimum atomic E-state index is -0.0984. The highest BCUT2D eigenvalue weighted by atomic mass is 16.3. The molecule has 1 aliphatic heterocycles. The van der Waals surface area contributed by atoms with E-state index >= 15 is 0 Å². The second-order valence-electron chi connectivity index (χ2n) is 5.00. The third-order valence-corrected chi connectivity index (χ3v) is 3.71. The maximum atomic E-state index is 12.4. The molecule has 4 nitrogen and oxygen atoms in total. The van der Waals surface area contributed by atoms with Crippen molar-refractivity contribution in [3.8, 4) is 5.75 Å². The van der Waals surface area contributed by atoms with Gasteiger partial charge in [-0.3, -0.25) is 4.79 Å². The molecule has 4 heteroatoms. The van der Waals surface area contributed by atoms with Gasteiger partial charge in [0.25, 0.3) is 5.91 Å². The van der Waals surface area contributed by atoms with Crippen LogP contribution < -0.4 is 5.73 Å². The summed E-state index contributed by atoms with van der Waals surface area (Å²) in [5, 5.41) is 9.75. The number of aromatic hydroxyl groups is 1. The molecule has 0 aromatic heterocycles. The van der Waals surface area contributed by atoms with Crippen molar-refractivity contribution in [1.82, 2.24) is 4.90 Å². The van der Waals surface area contributed by atoms with Crippen LogP contribution >= 0.6 is 0 Å². The second-order valence-corrected chi connectivity index (χ2v) is 5.00. The molecule has 3 N–H and O–H groups in total. The van der Waals surface area contributed by atoms with E-state index in [0.717, 1.165) is 12.8 Å². The molecule has 1 fully saturated rings. The summed E-state index contributed by atoms with van der Waals surface area (Å²) in [6, 6.07) is 6.90. The Kier molecular flexibility index (Phi) is 3.87. The molecule has 2 atom stereocenters. The van der Waals surface area contributed by atoms with Crippen LogP contribution in [-0.4, -0.2) is 35.0 Å². The lowest BCUT2D eigenvalue weighted by molar-refractivity contribution is 0.0564. The molecule has 0 saturated carbocycles. The van der Waals surface area contributed by atoms with Crippen LogP contribution in [0.25, 0.3) is 0 Å². The van der Waals surface area contributed by atoms with E-state index in [-0.39, 0.29) is 17.7 Å². The summed E-state index contributed by atoms with van der Waals surface area (Å²) in [7, 11) is 0. The van der Waals surface area contributed by atoms with Crippen molar-refractivity contribution in [2.24, 2.45) is 11.7 Å². The SMILES string of the molecule is CC1CCC(CN)CN1C(=O)c1ccccc1O. The lowest BCUT2D eigenvalue weighted by atomic mass is 9.93. The molecule has 1 aromatic rings. The minimum absolute atomic E-state index is 0.0459. The van der Waals surface area contributed by atoms with Crippen molar-refractivity contribution >= 4 is 5.91 Å². The minimum Gasteiger partial charge on any atom is -0.507 e. The molecule has 0 radical (unpaired) electrons. The number of piperidine rings is 1. The van der Waals surface area contributed by atoms with Gasteiger partial charge >= 0.3 is 0 Å². The summed E-state index contributed by atoms with van der Waals surface area (Å²) in [4.78, 5) is 14.2. The standard InChI is InChI=1S/C14H20N2O2/c1-10-6-7-11(8-15)9-16(10)14(18)12-4-2-3-5-13(12)17/h2-5,10-11,17H,6-9,15H2,1H3. The molecular formula is C14H20N2O2. The Morgan fingerprint density at radius 3 is 2.83 bits per heavy atom. The molecule has 1 saturated heterocycles. The van der Waals surface area contributed by atoms with Crippen molar-refractivity contribution in [1.29, 1.82) is 0 Å². The Hall–Kier alpha value is -1.55. The fourth-order valence-electron chi connectivity index (χ4n) is 2.47. The van der Waals surface area contributed by atoms with Crippen LogP contribution in [0.4, 0.5) is 0 Å². The van der Waals surface area contributed by atoms with E-state index in [1.807, 2.05) is 11.8 Å². The summed E-state index contributed by atoms with van der Waals surface area (Å²) in [6.07, 6.45) is 2.05. The molecule has 1 aromatic carbocycles. The van der Waals surface area contributed by atoms with Gasteiger partial charge in [-0.25, -0.2) is 0 Å². The van der Waals surface area contributed by atoms with Gasteiger partial charge in [0.1, 0.15) is 5.75 Å². The molecule has 2 rings (SSSR count). The lowest BCUT2D eigenvalue weighted by Gasteiger charge is -2.37. The van der Waals surface area contributed by atoms with Gasteiger partial charge in [-0.2, -0.15) is 0 Å². The fourth-order valence-corrected chi connectivity index (χ4v) is 2.47. The topological polar surface area (TPSA) is 66.6 Å². The molecule has 1 heterocycles. The van der Waals surface area contributed by atoms with Crippen LogP contribution in [0.15, 0.2) is 24.3 Å². The first-order valence-corrected chi connectivity index (χ1v) is 6.42. The van der Waals surface area contributed by atoms with E-state index in [1.165, 1.54) is 0 Å². The third kappa shape index (κ3) is 2.48. The number of benzene rings is 1. The van der Waals surface area contributed by atoms with Gasteiger partial charge in [-0.15, -0.1) is 0 Å². The van der Waals surface area contributed by atoms with Crippen molar-refractivity contribution in [3.63, 3.8) is 0 Å². The van der Waals surface area contributed by atoms with Gasteiger partial charge in [0.05, 0.1) is 5.56 Å². The normalized spacial score (nSPS) is 24.0. The molecule has 1 aliphatic rings. The third-order valence-electron chi connectivity index (χ3n) is 3.71. The number of rotatable bonds is 2. The van der Waals surface area contributed by atoms with Crippen molar-refractivity contribution in [3.05, 3.63) is 29.8 Å². The highest BCUT2D eigenvalue weighted by molar-refractivity contribution is 5.97. The molecule has 0 aliphatic carbocycles. The summed E-state index contributed by atoms with van der Waals surface area (Å²) in [6.45, 7) is 3.34. The first-order chi connectivity index (χ1) is 8.63. The number of hydrogen-bond donors (Lipinski definition) is 2. The van der Waals surface area contributed by atoms with Gasteiger partial charge in [-0.05, 0) is 44.4 Å². The Bertz CT molecular complexity index is 434. The van der Waals surface area contributed by atoms with Crippen LogP contribution in [0.1, 0.15) is 30.1 Å². The fraction of sp³-hybridized carbons (Fsp3) is 0.500. The predicted molar refractivity (Wildman–Crippen MR) is 70.4 cm³/mol. The zero-order valence-electron chi connectivity index (χ0n) is 10.7. The van der Waals surface area contributed by atoms with Gasteiger partial charge < -0.3 is 15.7 Å². The van der Waals surface area contributed by atoms with E-state index in [9.17, 15) is 9.90 Å². The van der Waals surface area contributed by atoms with Crippen LogP contribution in [0.2, 0.25) is 0 Å². The van der Waals surface area contributed by atoms with Gasteiger partial charge in [-0.1, -0.05) is 12.1 Å². The van der Waals surface area contributed by atoms with Gasteiger partial charge in [0, 0.05) is 12.6 Å². The molecule has 0 bridgehead atoms. The van der Waals surface area contributed by atoms with Crippen LogP contribution in [0, 0.1) is 5.92 Å². The first kappa shape index (κ1) is 12.9. The monoisotopic (exact) mass is 248 g/mol. The number of para-hydroxylation sites is 1. The molecule has 18 heavy (non-hydrogen) atoms. The highest BCUT2D eigenvalue weighted by Crippen LogP contribution is 2.25. The molecule has 2 unspecified atom stereocenters. The molecule has 98 valence electrons. The van der Waals surface area contributed by atoms with Crippen molar-refractivity contribution in [2.45, 2.75) is 25.8 Å². The van der Waals surface area contributed by atoms with Gasteiger partial charge in [0.15, 0.2) is 0 Å². The Labute approximate surface area is 107 Å². The number of carbonyl (C=O) groups excluding carboxylic acids is 1. The maximum Gasteiger partial charge on any atom is 0.257 e. The smallest absolute Gasteiger partial charge is 0.257 e. The maximum absolute atomic E-state index is 12.4. The summed E-state index contributed by atoms with van der Waals surface area (Å²) in [5.74, 6) is 0.319. The number of amides is 1. The Morgan fingerprint density at radius 2 is 2.17 bits per heavy atom. The second kappa shape index (κ2) is 5.40. The first-order valence-electron chi connectivity index (χ1n) is 6.42. The van der Waals surface area contributed by atoms with E-state index in [1.54, 1.807) is 24.3 Å².